The summed E-state index contributed by atoms with van der Waals surface area (Å²) in [5.41, 5.74) is 2.63. The quantitative estimate of drug-likeness (QED) is 0.244. The van der Waals surface area contributed by atoms with Crippen LogP contribution in [-0.4, -0.2) is 75.9 Å². The van der Waals surface area contributed by atoms with Gasteiger partial charge in [0.05, 0.1) is 6.04 Å². The third kappa shape index (κ3) is 6.94. The van der Waals surface area contributed by atoms with Crippen molar-refractivity contribution in [2.45, 2.75) is 69.1 Å². The lowest BCUT2D eigenvalue weighted by Crippen LogP contribution is -2.53. The fourth-order valence-electron chi connectivity index (χ4n) is 5.97. The van der Waals surface area contributed by atoms with Gasteiger partial charge in [-0.05, 0) is 55.8 Å². The summed E-state index contributed by atoms with van der Waals surface area (Å²) in [7, 11) is 0. The average molecular weight is 560 g/mol. The molecule has 4 atom stereocenters. The second kappa shape index (κ2) is 13.0. The first-order chi connectivity index (χ1) is 19.9. The Morgan fingerprint density at radius 3 is 2.49 bits per heavy atom. The van der Waals surface area contributed by atoms with E-state index in [-0.39, 0.29) is 30.7 Å². The number of carboxylic acid groups (broad SMARTS) is 1. The smallest absolute Gasteiger partial charge is 0.326 e. The maximum Gasteiger partial charge on any atom is 0.326 e. The molecule has 2 aromatic carbocycles. The molecule has 5 rings (SSSR count). The average Bonchev–Trinajstić information content (AvgIpc) is 3.74. The predicted octanol–water partition coefficient (Wildman–Crippen LogP) is 2.14. The summed E-state index contributed by atoms with van der Waals surface area (Å²) in [6, 6.07) is 14.6. The first kappa shape index (κ1) is 28.4. The highest BCUT2D eigenvalue weighted by molar-refractivity contribution is 5.91. The molecule has 1 aromatic heterocycles. The lowest BCUT2D eigenvalue weighted by atomic mass is 10.0. The Kier molecular flexibility index (Phi) is 8.98. The van der Waals surface area contributed by atoms with Gasteiger partial charge in [0.2, 0.25) is 17.7 Å². The Bertz CT molecular complexity index is 1380. The van der Waals surface area contributed by atoms with Crippen molar-refractivity contribution >= 4 is 34.6 Å². The summed E-state index contributed by atoms with van der Waals surface area (Å²) in [5, 5.41) is 19.7. The van der Waals surface area contributed by atoms with E-state index >= 15 is 0 Å². The van der Waals surface area contributed by atoms with Crippen molar-refractivity contribution in [2.75, 3.05) is 13.1 Å². The number of hydrogen-bond acceptors (Lipinski definition) is 5. The van der Waals surface area contributed by atoms with Gasteiger partial charge in [0, 0.05) is 42.5 Å². The van der Waals surface area contributed by atoms with Crippen LogP contribution in [0.1, 0.15) is 43.2 Å². The number of likely N-dealkylation sites (tertiary alicyclic amines) is 1. The van der Waals surface area contributed by atoms with E-state index in [0.29, 0.717) is 19.4 Å². The minimum absolute atomic E-state index is 0.0425. The predicted molar refractivity (Wildman–Crippen MR) is 154 cm³/mol. The first-order valence-electron chi connectivity index (χ1n) is 14.3. The molecule has 5 N–H and O–H groups in total. The van der Waals surface area contributed by atoms with Crippen molar-refractivity contribution in [2.24, 2.45) is 0 Å². The Morgan fingerprint density at radius 1 is 0.951 bits per heavy atom. The van der Waals surface area contributed by atoms with E-state index in [4.69, 9.17) is 0 Å². The number of rotatable bonds is 11. The van der Waals surface area contributed by atoms with Gasteiger partial charge in [-0.15, -0.1) is 0 Å². The standard InChI is InChI=1S/C31H37N5O5/c37-28(35-26(31(40)41)17-21-19-33-24-11-5-4-10-23(21)24)18-22(16-20-8-2-1-3-9-20)34-29(38)27-13-7-15-36(27)30(39)25-12-6-14-32-25/h1-5,8-11,19,22,25-27,32-33H,6-7,12-18H2,(H,34,38)(H,35,37)(H,40,41)/t22-,25-,26-,27-/m0/s1. The van der Waals surface area contributed by atoms with Crippen molar-refractivity contribution in [3.8, 4) is 0 Å². The highest BCUT2D eigenvalue weighted by Crippen LogP contribution is 2.22. The lowest BCUT2D eigenvalue weighted by Gasteiger charge is -2.28. The van der Waals surface area contributed by atoms with E-state index in [1.54, 1.807) is 11.1 Å². The molecule has 0 saturated carbocycles. The van der Waals surface area contributed by atoms with Crippen molar-refractivity contribution in [3.63, 3.8) is 0 Å². The van der Waals surface area contributed by atoms with Gasteiger partial charge in [0.15, 0.2) is 0 Å². The highest BCUT2D eigenvalue weighted by atomic mass is 16.4. The Balaban J connectivity index is 1.26. The van der Waals surface area contributed by atoms with Crippen LogP contribution >= 0.6 is 0 Å². The molecular weight excluding hydrogens is 522 g/mol. The number of carboxylic acids is 1. The maximum absolute atomic E-state index is 13.5. The third-order valence-electron chi connectivity index (χ3n) is 8.03. The molecule has 0 unspecified atom stereocenters. The minimum Gasteiger partial charge on any atom is -0.480 e. The molecule has 3 aromatic rings. The number of aliphatic carboxylic acids is 1. The molecule has 0 spiro atoms. The number of H-pyrrole nitrogens is 1. The monoisotopic (exact) mass is 559 g/mol. The number of aromatic nitrogens is 1. The lowest BCUT2D eigenvalue weighted by molar-refractivity contribution is -0.142. The van der Waals surface area contributed by atoms with Crippen LogP contribution < -0.4 is 16.0 Å². The summed E-state index contributed by atoms with van der Waals surface area (Å²) >= 11 is 0. The van der Waals surface area contributed by atoms with E-state index in [0.717, 1.165) is 47.8 Å². The Morgan fingerprint density at radius 2 is 1.73 bits per heavy atom. The van der Waals surface area contributed by atoms with Crippen LogP contribution in [0.4, 0.5) is 0 Å². The van der Waals surface area contributed by atoms with Gasteiger partial charge in [0.1, 0.15) is 12.1 Å². The van der Waals surface area contributed by atoms with Gasteiger partial charge in [-0.1, -0.05) is 48.5 Å². The molecular formula is C31H37N5O5. The maximum atomic E-state index is 13.5. The van der Waals surface area contributed by atoms with E-state index in [2.05, 4.69) is 20.9 Å². The second-order valence-electron chi connectivity index (χ2n) is 11.0. The summed E-state index contributed by atoms with van der Waals surface area (Å²) in [6.45, 7) is 1.33. The molecule has 10 nitrogen and oxygen atoms in total. The van der Waals surface area contributed by atoms with Gasteiger partial charge in [-0.2, -0.15) is 0 Å². The number of hydrogen-bond donors (Lipinski definition) is 5. The van der Waals surface area contributed by atoms with Gasteiger partial charge in [-0.25, -0.2) is 4.79 Å². The number of amides is 3. The second-order valence-corrected chi connectivity index (χ2v) is 11.0. The van der Waals surface area contributed by atoms with Crippen molar-refractivity contribution in [3.05, 3.63) is 71.9 Å². The van der Waals surface area contributed by atoms with Crippen molar-refractivity contribution in [1.29, 1.82) is 0 Å². The van der Waals surface area contributed by atoms with E-state index in [1.165, 1.54) is 0 Å². The van der Waals surface area contributed by atoms with Crippen LogP contribution in [0, 0.1) is 0 Å². The zero-order valence-corrected chi connectivity index (χ0v) is 23.0. The fraction of sp³-hybridized carbons (Fsp3) is 0.419. The van der Waals surface area contributed by atoms with Crippen LogP contribution in [0.2, 0.25) is 0 Å². The zero-order chi connectivity index (χ0) is 28.8. The van der Waals surface area contributed by atoms with E-state index in [1.807, 2.05) is 54.6 Å². The van der Waals surface area contributed by atoms with E-state index in [9.17, 15) is 24.3 Å². The van der Waals surface area contributed by atoms with Crippen LogP contribution in [0.5, 0.6) is 0 Å². The van der Waals surface area contributed by atoms with Gasteiger partial charge < -0.3 is 30.9 Å². The number of carbonyl (C=O) groups excluding carboxylic acids is 3. The number of fused-ring (bicyclic) bond motifs is 1. The van der Waals surface area contributed by atoms with Crippen molar-refractivity contribution < 1.29 is 24.3 Å². The summed E-state index contributed by atoms with van der Waals surface area (Å²) in [5.74, 6) is -1.92. The molecule has 2 fully saturated rings. The summed E-state index contributed by atoms with van der Waals surface area (Å²) < 4.78 is 0. The SMILES string of the molecule is O=C(C[C@H](Cc1ccccc1)NC(=O)[C@@H]1CCCN1C(=O)[C@@H]1CCCN1)N[C@@H](Cc1c[nH]c2ccccc12)C(=O)O. The molecule has 10 heteroatoms. The molecule has 0 aliphatic carbocycles. The number of para-hydroxylation sites is 1. The molecule has 0 radical (unpaired) electrons. The largest absolute Gasteiger partial charge is 0.480 e. The zero-order valence-electron chi connectivity index (χ0n) is 23.0. The first-order valence-corrected chi connectivity index (χ1v) is 14.3. The van der Waals surface area contributed by atoms with Crippen LogP contribution in [0.3, 0.4) is 0 Å². The van der Waals surface area contributed by atoms with Crippen LogP contribution in [-0.2, 0) is 32.0 Å². The number of nitrogens with zero attached hydrogens (tertiary/aromatic N) is 1. The molecule has 2 aliphatic rings. The van der Waals surface area contributed by atoms with Gasteiger partial charge >= 0.3 is 5.97 Å². The topological polar surface area (TPSA) is 144 Å². The molecule has 0 bridgehead atoms. The fourth-order valence-corrected chi connectivity index (χ4v) is 5.97. The van der Waals surface area contributed by atoms with Gasteiger partial charge in [-0.3, -0.25) is 14.4 Å². The summed E-state index contributed by atoms with van der Waals surface area (Å²) in [4.78, 5) is 56.6. The van der Waals surface area contributed by atoms with Crippen LogP contribution in [0.15, 0.2) is 60.8 Å². The number of benzene rings is 2. The third-order valence-corrected chi connectivity index (χ3v) is 8.03. The molecule has 3 heterocycles. The van der Waals surface area contributed by atoms with E-state index < -0.39 is 30.0 Å². The normalized spacial score (nSPS) is 20.0. The van der Waals surface area contributed by atoms with Crippen LogP contribution in [0.25, 0.3) is 10.9 Å². The number of carbonyl (C=O) groups is 4. The molecule has 41 heavy (non-hydrogen) atoms. The number of aromatic amines is 1. The van der Waals surface area contributed by atoms with Gasteiger partial charge in [0.25, 0.3) is 0 Å². The molecule has 3 amide bonds. The molecule has 2 saturated heterocycles. The Labute approximate surface area is 238 Å². The minimum atomic E-state index is -1.13. The molecule has 2 aliphatic heterocycles. The number of nitrogens with one attached hydrogen (secondary N) is 4. The van der Waals surface area contributed by atoms with Crippen molar-refractivity contribution in [1.82, 2.24) is 25.8 Å². The molecule has 216 valence electrons. The summed E-state index contributed by atoms with van der Waals surface area (Å²) in [6.07, 6.45) is 5.20. The Hall–Kier alpha value is -4.18. The highest BCUT2D eigenvalue weighted by Gasteiger charge is 2.38.